The molecule has 0 amide bonds. The third kappa shape index (κ3) is 4.21. The number of hydrogen-bond acceptors (Lipinski definition) is 5. The number of sulfonamides is 1. The van der Waals surface area contributed by atoms with E-state index in [4.69, 9.17) is 0 Å². The molecule has 1 unspecified atom stereocenters. The Balaban J connectivity index is 1.97. The maximum absolute atomic E-state index is 12.3. The fraction of sp³-hybridized carbons (Fsp3) is 0.692. The highest BCUT2D eigenvalue weighted by Crippen LogP contribution is 2.37. The highest BCUT2D eigenvalue weighted by atomic mass is 32.2. The first-order valence-corrected chi connectivity index (χ1v) is 10.1. The lowest BCUT2D eigenvalue weighted by Crippen LogP contribution is -2.36. The van der Waals surface area contributed by atoms with E-state index in [-0.39, 0.29) is 4.75 Å². The third-order valence-electron chi connectivity index (χ3n) is 3.46. The molecule has 0 radical (unpaired) electrons. The monoisotopic (exact) mass is 334 g/mol. The van der Waals surface area contributed by atoms with Crippen molar-refractivity contribution in [3.8, 4) is 0 Å². The lowest BCUT2D eigenvalue weighted by atomic mass is 10.1. The zero-order valence-corrected chi connectivity index (χ0v) is 14.4. The Bertz CT molecular complexity index is 534. The highest BCUT2D eigenvalue weighted by Gasteiger charge is 2.31. The minimum Gasteiger partial charge on any atom is -0.319 e. The van der Waals surface area contributed by atoms with Crippen molar-refractivity contribution in [3.63, 3.8) is 0 Å². The number of hydrogen-bond donors (Lipinski definition) is 2. The number of likely N-dealkylation sites (N-methyl/N-ethyl adjacent to an activating group) is 1. The van der Waals surface area contributed by atoms with Crippen molar-refractivity contribution in [1.82, 2.24) is 10.0 Å². The first kappa shape index (κ1) is 16.3. The standard InChI is InChI=1S/C13H22N2O2S3/c1-13(7-3-9-18-13)10-15-20(16,17)12-5-4-11(19-12)6-8-14-2/h4-5,14-15H,3,6-10H2,1-2H3. The summed E-state index contributed by atoms with van der Waals surface area (Å²) in [5, 5.41) is 3.07. The van der Waals surface area contributed by atoms with Crippen molar-refractivity contribution < 1.29 is 8.42 Å². The number of thioether (sulfide) groups is 1. The average molecular weight is 335 g/mol. The summed E-state index contributed by atoms with van der Waals surface area (Å²) < 4.78 is 27.8. The highest BCUT2D eigenvalue weighted by molar-refractivity contribution is 8.01. The van der Waals surface area contributed by atoms with Crippen LogP contribution in [0.4, 0.5) is 0 Å². The molecule has 2 heterocycles. The van der Waals surface area contributed by atoms with Gasteiger partial charge in [0.2, 0.25) is 10.0 Å². The minimum absolute atomic E-state index is 0.0549. The van der Waals surface area contributed by atoms with Crippen molar-refractivity contribution >= 4 is 33.1 Å². The molecule has 114 valence electrons. The fourth-order valence-corrected chi connectivity index (χ4v) is 6.09. The van der Waals surface area contributed by atoms with E-state index in [1.54, 1.807) is 6.07 Å². The van der Waals surface area contributed by atoms with Crippen LogP contribution in [0.3, 0.4) is 0 Å². The molecule has 1 aliphatic rings. The molecule has 0 aliphatic carbocycles. The topological polar surface area (TPSA) is 58.2 Å². The Morgan fingerprint density at radius 2 is 2.20 bits per heavy atom. The Kier molecular flexibility index (Phi) is 5.53. The smallest absolute Gasteiger partial charge is 0.250 e. The van der Waals surface area contributed by atoms with Crippen LogP contribution in [0.5, 0.6) is 0 Å². The van der Waals surface area contributed by atoms with E-state index in [1.807, 2.05) is 24.9 Å². The Morgan fingerprint density at radius 1 is 1.40 bits per heavy atom. The summed E-state index contributed by atoms with van der Waals surface area (Å²) in [6.45, 7) is 3.52. The molecule has 0 spiro atoms. The molecule has 1 aromatic heterocycles. The fourth-order valence-electron chi connectivity index (χ4n) is 2.18. The summed E-state index contributed by atoms with van der Waals surface area (Å²) in [4.78, 5) is 1.10. The zero-order chi connectivity index (χ0) is 14.6. The van der Waals surface area contributed by atoms with E-state index >= 15 is 0 Å². The summed E-state index contributed by atoms with van der Waals surface area (Å²) in [6, 6.07) is 3.62. The van der Waals surface area contributed by atoms with E-state index in [0.717, 1.165) is 30.0 Å². The normalized spacial score (nSPS) is 23.3. The van der Waals surface area contributed by atoms with Crippen LogP contribution in [0.15, 0.2) is 16.3 Å². The summed E-state index contributed by atoms with van der Waals surface area (Å²) in [5.74, 6) is 1.13. The second-order valence-electron chi connectivity index (χ2n) is 5.30. The molecule has 1 fully saturated rings. The van der Waals surface area contributed by atoms with E-state index in [2.05, 4.69) is 17.0 Å². The lowest BCUT2D eigenvalue weighted by Gasteiger charge is -2.22. The molecule has 0 saturated carbocycles. The Morgan fingerprint density at radius 3 is 2.85 bits per heavy atom. The van der Waals surface area contributed by atoms with Crippen LogP contribution >= 0.6 is 23.1 Å². The van der Waals surface area contributed by atoms with Gasteiger partial charge in [0.15, 0.2) is 0 Å². The maximum Gasteiger partial charge on any atom is 0.250 e. The van der Waals surface area contributed by atoms with E-state index in [1.165, 1.54) is 17.8 Å². The second kappa shape index (κ2) is 6.79. The predicted molar refractivity (Wildman–Crippen MR) is 87.2 cm³/mol. The van der Waals surface area contributed by atoms with Crippen LogP contribution in [0.2, 0.25) is 0 Å². The number of rotatable bonds is 7. The van der Waals surface area contributed by atoms with Crippen molar-refractivity contribution in [2.45, 2.75) is 35.1 Å². The van der Waals surface area contributed by atoms with Crippen LogP contribution in [-0.2, 0) is 16.4 Å². The van der Waals surface area contributed by atoms with Gasteiger partial charge >= 0.3 is 0 Å². The molecular formula is C13H22N2O2S3. The van der Waals surface area contributed by atoms with Gasteiger partial charge in [0.25, 0.3) is 0 Å². The van der Waals surface area contributed by atoms with Gasteiger partial charge in [0, 0.05) is 16.2 Å². The van der Waals surface area contributed by atoms with Gasteiger partial charge < -0.3 is 5.32 Å². The first-order valence-electron chi connectivity index (χ1n) is 6.82. The average Bonchev–Trinajstić information content (AvgIpc) is 3.04. The maximum atomic E-state index is 12.3. The minimum atomic E-state index is -3.36. The molecule has 20 heavy (non-hydrogen) atoms. The predicted octanol–water partition coefficient (Wildman–Crippen LogP) is 2.07. The molecule has 1 aromatic rings. The van der Waals surface area contributed by atoms with E-state index < -0.39 is 10.0 Å². The second-order valence-corrected chi connectivity index (χ2v) is 10.1. The molecule has 2 N–H and O–H groups in total. The number of thiophene rings is 1. The molecule has 2 rings (SSSR count). The largest absolute Gasteiger partial charge is 0.319 e. The van der Waals surface area contributed by atoms with Gasteiger partial charge in [-0.15, -0.1) is 11.3 Å². The molecule has 1 saturated heterocycles. The summed E-state index contributed by atoms with van der Waals surface area (Å²) >= 11 is 3.23. The third-order valence-corrected chi connectivity index (χ3v) is 8.04. The first-order chi connectivity index (χ1) is 9.45. The van der Waals surface area contributed by atoms with Gasteiger partial charge in [0.1, 0.15) is 4.21 Å². The number of nitrogens with one attached hydrogen (secondary N) is 2. The molecule has 0 bridgehead atoms. The van der Waals surface area contributed by atoms with Crippen LogP contribution in [0.25, 0.3) is 0 Å². The van der Waals surface area contributed by atoms with Gasteiger partial charge in [-0.25, -0.2) is 13.1 Å². The quantitative estimate of drug-likeness (QED) is 0.801. The SMILES string of the molecule is CNCCc1ccc(S(=O)(=O)NCC2(C)CCCS2)s1. The molecule has 0 aromatic carbocycles. The molecular weight excluding hydrogens is 312 g/mol. The summed E-state index contributed by atoms with van der Waals surface area (Å²) in [7, 11) is -1.46. The summed E-state index contributed by atoms with van der Waals surface area (Å²) in [5.41, 5.74) is 0. The van der Waals surface area contributed by atoms with Gasteiger partial charge in [-0.05, 0) is 57.7 Å². The van der Waals surface area contributed by atoms with Gasteiger partial charge in [-0.2, -0.15) is 11.8 Å². The van der Waals surface area contributed by atoms with Crippen LogP contribution in [-0.4, -0.2) is 39.1 Å². The van der Waals surface area contributed by atoms with Crippen LogP contribution < -0.4 is 10.0 Å². The van der Waals surface area contributed by atoms with Gasteiger partial charge in [-0.3, -0.25) is 0 Å². The summed E-state index contributed by atoms with van der Waals surface area (Å²) in [6.07, 6.45) is 3.12. The Hall–Kier alpha value is -0.0800. The van der Waals surface area contributed by atoms with Crippen LogP contribution in [0, 0.1) is 0 Å². The Labute approximate surface area is 129 Å². The molecule has 7 heteroatoms. The van der Waals surface area contributed by atoms with Gasteiger partial charge in [0.05, 0.1) is 0 Å². The van der Waals surface area contributed by atoms with Crippen molar-refractivity contribution in [2.24, 2.45) is 0 Å². The van der Waals surface area contributed by atoms with E-state index in [9.17, 15) is 8.42 Å². The van der Waals surface area contributed by atoms with E-state index in [0.29, 0.717) is 10.8 Å². The van der Waals surface area contributed by atoms with Crippen molar-refractivity contribution in [2.75, 3.05) is 25.9 Å². The molecule has 1 aliphatic heterocycles. The van der Waals surface area contributed by atoms with Crippen molar-refractivity contribution in [1.29, 1.82) is 0 Å². The van der Waals surface area contributed by atoms with Crippen LogP contribution in [0.1, 0.15) is 24.6 Å². The molecule has 1 atom stereocenters. The lowest BCUT2D eigenvalue weighted by molar-refractivity contribution is 0.554. The molecule has 4 nitrogen and oxygen atoms in total. The van der Waals surface area contributed by atoms with Gasteiger partial charge in [-0.1, -0.05) is 0 Å². The zero-order valence-electron chi connectivity index (χ0n) is 11.9. The van der Waals surface area contributed by atoms with Crippen molar-refractivity contribution in [3.05, 3.63) is 17.0 Å².